The summed E-state index contributed by atoms with van der Waals surface area (Å²) in [6.07, 6.45) is -2.11. The minimum absolute atomic E-state index is 0.0935. The van der Waals surface area contributed by atoms with Crippen LogP contribution in [0.4, 0.5) is 10.5 Å². The molecule has 0 bridgehead atoms. The first-order chi connectivity index (χ1) is 17.2. The van der Waals surface area contributed by atoms with Crippen LogP contribution in [0.2, 0.25) is 0 Å². The highest BCUT2D eigenvalue weighted by Crippen LogP contribution is 2.25. The molecule has 13 heteroatoms. The average Bonchev–Trinajstić information content (AvgIpc) is 2.80. The molecule has 2 amide bonds. The topological polar surface area (TPSA) is 201 Å². The summed E-state index contributed by atoms with van der Waals surface area (Å²) in [5, 5.41) is 38.9. The van der Waals surface area contributed by atoms with Crippen LogP contribution in [0.15, 0.2) is 18.2 Å². The van der Waals surface area contributed by atoms with E-state index in [4.69, 9.17) is 35.3 Å². The summed E-state index contributed by atoms with van der Waals surface area (Å²) in [6.45, 7) is 5.07. The Morgan fingerprint density at radius 2 is 1.89 bits per heavy atom. The molecule has 1 aliphatic rings. The van der Waals surface area contributed by atoms with Crippen molar-refractivity contribution in [3.8, 4) is 5.75 Å². The summed E-state index contributed by atoms with van der Waals surface area (Å²) in [6, 6.07) is 4.42. The third-order valence-corrected chi connectivity index (χ3v) is 4.82. The second-order valence-electron chi connectivity index (χ2n) is 9.44. The highest BCUT2D eigenvalue weighted by molar-refractivity contribution is 5.92. The molecule has 0 spiro atoms. The van der Waals surface area contributed by atoms with Gasteiger partial charge in [-0.15, -0.1) is 0 Å². The molecule has 0 aromatic heterocycles. The van der Waals surface area contributed by atoms with Gasteiger partial charge in [-0.3, -0.25) is 9.59 Å². The van der Waals surface area contributed by atoms with Gasteiger partial charge >= 0.3 is 12.1 Å². The van der Waals surface area contributed by atoms with Gasteiger partial charge < -0.3 is 50.6 Å². The zero-order valence-corrected chi connectivity index (χ0v) is 21.7. The molecule has 13 nitrogen and oxygen atoms in total. The number of ether oxygens (including phenoxy) is 3. The molecule has 1 aromatic rings. The number of rotatable bonds is 8. The average molecular weight is 530 g/mol. The van der Waals surface area contributed by atoms with Crippen LogP contribution in [0.5, 0.6) is 5.75 Å². The molecule has 210 valence electrons. The number of aliphatic hydroxyl groups is 3. The first-order valence-corrected chi connectivity index (χ1v) is 11.8. The quantitative estimate of drug-likeness (QED) is 0.197. The van der Waals surface area contributed by atoms with E-state index in [1.807, 2.05) is 0 Å². The van der Waals surface area contributed by atoms with Crippen LogP contribution in [-0.4, -0.2) is 101 Å². The Kier molecular flexibility index (Phi) is 13.3. The van der Waals surface area contributed by atoms with Gasteiger partial charge in [-0.05, 0) is 38.5 Å². The smallest absolute Gasteiger partial charge is 0.410 e. The zero-order chi connectivity index (χ0) is 28.2. The van der Waals surface area contributed by atoms with Gasteiger partial charge in [0.05, 0.1) is 31.1 Å². The van der Waals surface area contributed by atoms with Gasteiger partial charge in [-0.25, -0.2) is 4.79 Å². The van der Waals surface area contributed by atoms with E-state index in [1.165, 1.54) is 19.2 Å². The Balaban J connectivity index is 0.000000568. The maximum atomic E-state index is 12.0. The van der Waals surface area contributed by atoms with Crippen molar-refractivity contribution in [1.29, 1.82) is 0 Å². The molecule has 0 saturated carbocycles. The van der Waals surface area contributed by atoms with E-state index in [1.54, 1.807) is 26.8 Å². The van der Waals surface area contributed by atoms with E-state index in [0.29, 0.717) is 12.0 Å². The minimum atomic E-state index is -0.789. The lowest BCUT2D eigenvalue weighted by molar-refractivity contribution is -0.155. The van der Waals surface area contributed by atoms with Gasteiger partial charge in [-0.2, -0.15) is 0 Å². The standard InChI is InChI=1S/C18H27N3O6.C6H12O4/c1-18(2,3)27-16(24)10-21(4)17(25)26-11-12-5-6-14(22)13(9-12)20-15(23)7-8-19;7-2-4-1-5(8)6(9)3-10-4/h5-6,9,22H,7-8,10-11,19H2,1-4H3,(H,20,23);4-9H,1-3H2. The van der Waals surface area contributed by atoms with Crippen LogP contribution in [0, 0.1) is 0 Å². The van der Waals surface area contributed by atoms with Crippen molar-refractivity contribution in [2.45, 2.75) is 64.1 Å². The number of nitrogens with two attached hydrogens (primary N) is 1. The highest BCUT2D eigenvalue weighted by Gasteiger charge is 2.27. The number of carbonyl (C=O) groups is 3. The number of phenolic OH excluding ortho intramolecular Hbond substituents is 1. The van der Waals surface area contributed by atoms with Crippen LogP contribution in [-0.2, 0) is 30.4 Å². The Hall–Kier alpha value is -2.97. The number of benzene rings is 1. The summed E-state index contributed by atoms with van der Waals surface area (Å²) < 4.78 is 15.2. The van der Waals surface area contributed by atoms with Gasteiger partial charge in [0, 0.05) is 26.4 Å². The molecule has 1 aliphatic heterocycles. The number of esters is 1. The molecule has 37 heavy (non-hydrogen) atoms. The molecule has 2 rings (SSSR count). The molecule has 3 atom stereocenters. The van der Waals surface area contributed by atoms with Crippen molar-refractivity contribution in [1.82, 2.24) is 4.90 Å². The molecule has 0 radical (unpaired) electrons. The second-order valence-corrected chi connectivity index (χ2v) is 9.44. The summed E-state index contributed by atoms with van der Waals surface area (Å²) in [5.74, 6) is -0.993. The molecule has 3 unspecified atom stereocenters. The number of likely N-dealkylation sites (N-methyl/N-ethyl adjacent to an activating group) is 1. The Labute approximate surface area is 216 Å². The molecule has 7 N–H and O–H groups in total. The fourth-order valence-corrected chi connectivity index (χ4v) is 2.97. The third kappa shape index (κ3) is 12.7. The predicted molar refractivity (Wildman–Crippen MR) is 133 cm³/mol. The van der Waals surface area contributed by atoms with Gasteiger partial charge in [0.25, 0.3) is 0 Å². The van der Waals surface area contributed by atoms with Crippen LogP contribution in [0.25, 0.3) is 0 Å². The minimum Gasteiger partial charge on any atom is -0.506 e. The van der Waals surface area contributed by atoms with Crippen molar-refractivity contribution in [3.05, 3.63) is 23.8 Å². The number of anilines is 1. The van der Waals surface area contributed by atoms with Crippen LogP contribution >= 0.6 is 0 Å². The van der Waals surface area contributed by atoms with E-state index in [9.17, 15) is 19.5 Å². The van der Waals surface area contributed by atoms with Gasteiger partial charge in [0.2, 0.25) is 5.91 Å². The molecule has 1 aromatic carbocycles. The number of phenols is 1. The number of aromatic hydroxyl groups is 1. The van der Waals surface area contributed by atoms with Crippen molar-refractivity contribution in [2.75, 3.05) is 38.7 Å². The summed E-state index contributed by atoms with van der Waals surface area (Å²) in [7, 11) is 1.42. The van der Waals surface area contributed by atoms with E-state index < -0.39 is 29.9 Å². The Morgan fingerprint density at radius 3 is 2.46 bits per heavy atom. The van der Waals surface area contributed by atoms with E-state index in [-0.39, 0.29) is 62.8 Å². The van der Waals surface area contributed by atoms with E-state index in [2.05, 4.69) is 5.32 Å². The fourth-order valence-electron chi connectivity index (χ4n) is 2.97. The second kappa shape index (κ2) is 15.3. The lowest BCUT2D eigenvalue weighted by Gasteiger charge is -2.29. The monoisotopic (exact) mass is 529 g/mol. The number of nitrogens with zero attached hydrogens (tertiary/aromatic N) is 1. The molecule has 1 heterocycles. The maximum Gasteiger partial charge on any atom is 0.410 e. The first kappa shape index (κ1) is 32.1. The Bertz CT molecular complexity index is 890. The van der Waals surface area contributed by atoms with Gasteiger partial charge in [-0.1, -0.05) is 6.07 Å². The molecule has 1 saturated heterocycles. The van der Waals surface area contributed by atoms with Crippen molar-refractivity contribution in [3.63, 3.8) is 0 Å². The zero-order valence-electron chi connectivity index (χ0n) is 21.7. The third-order valence-electron chi connectivity index (χ3n) is 4.82. The number of hydrogen-bond donors (Lipinski definition) is 6. The van der Waals surface area contributed by atoms with Crippen LogP contribution in [0.3, 0.4) is 0 Å². The number of carbonyl (C=O) groups excluding carboxylic acids is 3. The normalized spacial score (nSPS) is 19.2. The number of aliphatic hydroxyl groups excluding tert-OH is 3. The SMILES string of the molecule is CN(CC(=O)OC(C)(C)C)C(=O)OCc1ccc(O)c(NC(=O)CCN)c1.OCC1CC(O)C(O)CO1. The van der Waals surface area contributed by atoms with Crippen LogP contribution < -0.4 is 11.1 Å². The maximum absolute atomic E-state index is 12.0. The number of nitrogens with one attached hydrogen (secondary N) is 1. The van der Waals surface area contributed by atoms with Crippen molar-refractivity contribution >= 4 is 23.7 Å². The van der Waals surface area contributed by atoms with Crippen molar-refractivity contribution < 1.29 is 49.0 Å². The van der Waals surface area contributed by atoms with Crippen molar-refractivity contribution in [2.24, 2.45) is 5.73 Å². The summed E-state index contributed by atoms with van der Waals surface area (Å²) in [4.78, 5) is 36.4. The number of hydrogen-bond acceptors (Lipinski definition) is 11. The predicted octanol–water partition coefficient (Wildman–Crippen LogP) is 0.0790. The Morgan fingerprint density at radius 1 is 1.22 bits per heavy atom. The molecular formula is C24H39N3O10. The molecular weight excluding hydrogens is 490 g/mol. The molecule has 1 fully saturated rings. The molecule has 0 aliphatic carbocycles. The highest BCUT2D eigenvalue weighted by atomic mass is 16.6. The van der Waals surface area contributed by atoms with Crippen LogP contribution in [0.1, 0.15) is 39.2 Å². The van der Waals surface area contributed by atoms with Gasteiger partial charge in [0.15, 0.2) is 0 Å². The lowest BCUT2D eigenvalue weighted by Crippen LogP contribution is -2.42. The van der Waals surface area contributed by atoms with Gasteiger partial charge in [0.1, 0.15) is 30.6 Å². The van der Waals surface area contributed by atoms with E-state index in [0.717, 1.165) is 4.90 Å². The number of amides is 2. The summed E-state index contributed by atoms with van der Waals surface area (Å²) in [5.41, 5.74) is 5.42. The summed E-state index contributed by atoms with van der Waals surface area (Å²) >= 11 is 0. The first-order valence-electron chi connectivity index (χ1n) is 11.8. The lowest BCUT2D eigenvalue weighted by atomic mass is 10.0. The largest absolute Gasteiger partial charge is 0.506 e. The fraction of sp³-hybridized carbons (Fsp3) is 0.625. The van der Waals surface area contributed by atoms with E-state index >= 15 is 0 Å².